The Morgan fingerprint density at radius 1 is 1.23 bits per heavy atom. The minimum absolute atomic E-state index is 0.146. The zero-order chi connectivity index (χ0) is 16.1. The summed E-state index contributed by atoms with van der Waals surface area (Å²) in [6.45, 7) is 11.2. The number of piperazine rings is 1. The topological polar surface area (TPSA) is 61.4 Å². The summed E-state index contributed by atoms with van der Waals surface area (Å²) in [6.07, 6.45) is 3.15. The SMILES string of the molecule is Cc1cnc(C(=O)NC[C@H](C(C)C)N2CCN(C)CC2)cn1. The summed E-state index contributed by atoms with van der Waals surface area (Å²) in [4.78, 5) is 25.2. The van der Waals surface area contributed by atoms with Crippen molar-refractivity contribution in [3.63, 3.8) is 0 Å². The van der Waals surface area contributed by atoms with Gasteiger partial charge in [-0.2, -0.15) is 0 Å². The number of aromatic nitrogens is 2. The average molecular weight is 305 g/mol. The van der Waals surface area contributed by atoms with E-state index in [0.29, 0.717) is 24.2 Å². The molecule has 0 spiro atoms. The van der Waals surface area contributed by atoms with Gasteiger partial charge < -0.3 is 10.2 Å². The van der Waals surface area contributed by atoms with Gasteiger partial charge in [-0.15, -0.1) is 0 Å². The van der Waals surface area contributed by atoms with E-state index in [4.69, 9.17) is 0 Å². The van der Waals surface area contributed by atoms with Crippen molar-refractivity contribution in [2.24, 2.45) is 5.92 Å². The molecule has 1 atom stereocenters. The Balaban J connectivity index is 1.91. The van der Waals surface area contributed by atoms with Gasteiger partial charge in [-0.25, -0.2) is 4.98 Å². The van der Waals surface area contributed by atoms with Crippen molar-refractivity contribution in [2.75, 3.05) is 39.8 Å². The molecule has 1 aromatic rings. The van der Waals surface area contributed by atoms with E-state index in [-0.39, 0.29) is 5.91 Å². The molecule has 122 valence electrons. The van der Waals surface area contributed by atoms with Crippen LogP contribution >= 0.6 is 0 Å². The first-order valence-electron chi connectivity index (χ1n) is 7.97. The summed E-state index contributed by atoms with van der Waals surface area (Å²) in [5, 5.41) is 3.01. The molecular formula is C16H27N5O. The Hall–Kier alpha value is -1.53. The molecule has 1 N–H and O–H groups in total. The molecule has 0 bridgehead atoms. The van der Waals surface area contributed by atoms with Crippen molar-refractivity contribution < 1.29 is 4.79 Å². The first-order valence-corrected chi connectivity index (χ1v) is 7.97. The maximum Gasteiger partial charge on any atom is 0.271 e. The van der Waals surface area contributed by atoms with Crippen LogP contribution in [0.3, 0.4) is 0 Å². The van der Waals surface area contributed by atoms with Gasteiger partial charge in [-0.1, -0.05) is 13.8 Å². The zero-order valence-corrected chi connectivity index (χ0v) is 14.0. The highest BCUT2D eigenvalue weighted by Crippen LogP contribution is 2.13. The second kappa shape index (κ2) is 7.65. The lowest BCUT2D eigenvalue weighted by atomic mass is 10.0. The standard InChI is InChI=1S/C16H27N5O/c1-12(2)15(21-7-5-20(4)6-8-21)11-19-16(22)14-10-17-13(3)9-18-14/h9-10,12,15H,5-8,11H2,1-4H3,(H,19,22)/t15-/m1/s1. The van der Waals surface area contributed by atoms with Crippen LogP contribution in [0.4, 0.5) is 0 Å². The van der Waals surface area contributed by atoms with Crippen LogP contribution in [0.5, 0.6) is 0 Å². The van der Waals surface area contributed by atoms with Crippen molar-refractivity contribution in [2.45, 2.75) is 26.8 Å². The van der Waals surface area contributed by atoms with E-state index in [9.17, 15) is 4.79 Å². The number of nitrogens with one attached hydrogen (secondary N) is 1. The Kier molecular flexibility index (Phi) is 5.85. The van der Waals surface area contributed by atoms with Gasteiger partial charge in [0, 0.05) is 45.0 Å². The molecule has 1 amide bonds. The minimum atomic E-state index is -0.146. The van der Waals surface area contributed by atoms with E-state index in [1.54, 1.807) is 6.20 Å². The normalized spacial score (nSPS) is 18.4. The number of likely N-dealkylation sites (N-methyl/N-ethyl adjacent to an activating group) is 1. The first kappa shape index (κ1) is 16.8. The van der Waals surface area contributed by atoms with Crippen LogP contribution < -0.4 is 5.32 Å². The second-order valence-corrected chi connectivity index (χ2v) is 6.40. The van der Waals surface area contributed by atoms with Gasteiger partial charge in [-0.05, 0) is 19.9 Å². The molecule has 0 radical (unpaired) electrons. The summed E-state index contributed by atoms with van der Waals surface area (Å²) in [5.74, 6) is 0.347. The van der Waals surface area contributed by atoms with Crippen molar-refractivity contribution in [3.8, 4) is 0 Å². The summed E-state index contributed by atoms with van der Waals surface area (Å²) in [5.41, 5.74) is 1.19. The molecule has 1 fully saturated rings. The minimum Gasteiger partial charge on any atom is -0.349 e. The highest BCUT2D eigenvalue weighted by Gasteiger charge is 2.25. The van der Waals surface area contributed by atoms with E-state index in [1.165, 1.54) is 6.20 Å². The number of hydrogen-bond acceptors (Lipinski definition) is 5. The van der Waals surface area contributed by atoms with Crippen LogP contribution in [0.2, 0.25) is 0 Å². The molecule has 1 saturated heterocycles. The molecule has 6 heteroatoms. The van der Waals surface area contributed by atoms with Gasteiger partial charge >= 0.3 is 0 Å². The number of nitrogens with zero attached hydrogens (tertiary/aromatic N) is 4. The molecule has 0 unspecified atom stereocenters. The Morgan fingerprint density at radius 2 is 1.91 bits per heavy atom. The number of rotatable bonds is 5. The molecule has 1 aliphatic heterocycles. The van der Waals surface area contributed by atoms with E-state index >= 15 is 0 Å². The number of hydrogen-bond donors (Lipinski definition) is 1. The quantitative estimate of drug-likeness (QED) is 0.871. The summed E-state index contributed by atoms with van der Waals surface area (Å²) in [7, 11) is 2.15. The lowest BCUT2D eigenvalue weighted by molar-refractivity contribution is 0.0788. The average Bonchev–Trinajstić information content (AvgIpc) is 2.49. The lowest BCUT2D eigenvalue weighted by Crippen LogP contribution is -2.54. The Labute approximate surface area is 132 Å². The van der Waals surface area contributed by atoms with Gasteiger partial charge in [0.15, 0.2) is 0 Å². The van der Waals surface area contributed by atoms with Crippen molar-refractivity contribution in [3.05, 3.63) is 23.8 Å². The largest absolute Gasteiger partial charge is 0.349 e. The molecular weight excluding hydrogens is 278 g/mol. The van der Waals surface area contributed by atoms with Crippen LogP contribution in [-0.2, 0) is 0 Å². The molecule has 0 saturated carbocycles. The Morgan fingerprint density at radius 3 is 2.45 bits per heavy atom. The Bertz CT molecular complexity index is 480. The smallest absolute Gasteiger partial charge is 0.271 e. The third kappa shape index (κ3) is 4.48. The number of aryl methyl sites for hydroxylation is 1. The zero-order valence-electron chi connectivity index (χ0n) is 14.0. The highest BCUT2D eigenvalue weighted by atomic mass is 16.1. The number of carbonyl (C=O) groups excluding carboxylic acids is 1. The number of carbonyl (C=O) groups is 1. The van der Waals surface area contributed by atoms with Crippen LogP contribution in [0.25, 0.3) is 0 Å². The summed E-state index contributed by atoms with van der Waals surface area (Å²) >= 11 is 0. The van der Waals surface area contributed by atoms with Crippen molar-refractivity contribution >= 4 is 5.91 Å². The molecule has 22 heavy (non-hydrogen) atoms. The van der Waals surface area contributed by atoms with Crippen molar-refractivity contribution in [1.29, 1.82) is 0 Å². The fraction of sp³-hybridized carbons (Fsp3) is 0.688. The van der Waals surface area contributed by atoms with Gasteiger partial charge in [-0.3, -0.25) is 14.7 Å². The number of amides is 1. The molecule has 0 aromatic carbocycles. The van der Waals surface area contributed by atoms with Gasteiger partial charge in [0.25, 0.3) is 5.91 Å². The fourth-order valence-corrected chi connectivity index (χ4v) is 2.74. The first-order chi connectivity index (χ1) is 10.5. The van der Waals surface area contributed by atoms with Crippen LogP contribution in [0.1, 0.15) is 30.0 Å². The maximum absolute atomic E-state index is 12.2. The molecule has 0 aliphatic carbocycles. The van der Waals surface area contributed by atoms with E-state index in [0.717, 1.165) is 31.9 Å². The lowest BCUT2D eigenvalue weighted by Gasteiger charge is -2.39. The predicted molar refractivity (Wildman–Crippen MR) is 86.8 cm³/mol. The highest BCUT2D eigenvalue weighted by molar-refractivity contribution is 5.91. The van der Waals surface area contributed by atoms with Crippen molar-refractivity contribution in [1.82, 2.24) is 25.1 Å². The van der Waals surface area contributed by atoms with E-state index in [2.05, 4.69) is 46.0 Å². The fourth-order valence-electron chi connectivity index (χ4n) is 2.74. The second-order valence-electron chi connectivity index (χ2n) is 6.40. The molecule has 2 rings (SSSR count). The van der Waals surface area contributed by atoms with Crippen LogP contribution in [0.15, 0.2) is 12.4 Å². The third-order valence-electron chi connectivity index (χ3n) is 4.26. The van der Waals surface area contributed by atoms with Crippen LogP contribution in [-0.4, -0.2) is 71.5 Å². The molecule has 2 heterocycles. The summed E-state index contributed by atoms with van der Waals surface area (Å²) < 4.78 is 0. The molecule has 1 aromatic heterocycles. The molecule has 1 aliphatic rings. The van der Waals surface area contributed by atoms with Gasteiger partial charge in [0.05, 0.1) is 11.9 Å². The van der Waals surface area contributed by atoms with Crippen LogP contribution in [0, 0.1) is 12.8 Å². The van der Waals surface area contributed by atoms with E-state index in [1.807, 2.05) is 6.92 Å². The summed E-state index contributed by atoms with van der Waals surface area (Å²) in [6, 6.07) is 0.357. The van der Waals surface area contributed by atoms with Gasteiger partial charge in [0.2, 0.25) is 0 Å². The van der Waals surface area contributed by atoms with Gasteiger partial charge in [0.1, 0.15) is 5.69 Å². The predicted octanol–water partition coefficient (Wildman–Crippen LogP) is 0.787. The van der Waals surface area contributed by atoms with E-state index < -0.39 is 0 Å². The molecule has 6 nitrogen and oxygen atoms in total. The monoisotopic (exact) mass is 305 g/mol. The maximum atomic E-state index is 12.2. The third-order valence-corrected chi connectivity index (χ3v) is 4.26.